The van der Waals surface area contributed by atoms with Crippen LogP contribution in [0.5, 0.6) is 11.5 Å². The molecule has 1 amide bonds. The molecule has 9 nitrogen and oxygen atoms in total. The molecule has 0 atom stereocenters. The van der Waals surface area contributed by atoms with Gasteiger partial charge in [-0.1, -0.05) is 29.8 Å². The third-order valence-corrected chi connectivity index (χ3v) is 4.77. The van der Waals surface area contributed by atoms with Crippen LogP contribution in [0, 0.1) is 0 Å². The van der Waals surface area contributed by atoms with Crippen molar-refractivity contribution in [3.05, 3.63) is 75.0 Å². The number of carboxylic acids is 1. The Morgan fingerprint density at radius 3 is 2.45 bits per heavy atom. The van der Waals surface area contributed by atoms with Crippen LogP contribution in [0.25, 0.3) is 11.3 Å². The maximum atomic E-state index is 12.9. The number of rotatable bonds is 7. The summed E-state index contributed by atoms with van der Waals surface area (Å²) >= 11 is 6.18. The van der Waals surface area contributed by atoms with Crippen LogP contribution in [-0.2, 0) is 11.3 Å². The summed E-state index contributed by atoms with van der Waals surface area (Å²) < 4.78 is 6.11. The lowest BCUT2D eigenvalue weighted by Gasteiger charge is -2.14. The SMILES string of the molecule is COc1ccc(-c2nn(Cc3ccccc3Cl)c(=O)c(C(=O)NCC(=O)O)c2O)cc1. The summed E-state index contributed by atoms with van der Waals surface area (Å²) in [7, 11) is 1.50. The molecule has 3 N–H and O–H groups in total. The monoisotopic (exact) mass is 443 g/mol. The lowest BCUT2D eigenvalue weighted by Crippen LogP contribution is -2.37. The number of hydrogen-bond donors (Lipinski definition) is 3. The van der Waals surface area contributed by atoms with E-state index in [4.69, 9.17) is 21.4 Å². The second-order valence-electron chi connectivity index (χ2n) is 6.43. The Morgan fingerprint density at radius 1 is 1.16 bits per heavy atom. The van der Waals surface area contributed by atoms with E-state index in [1.165, 1.54) is 7.11 Å². The maximum Gasteiger partial charge on any atom is 0.322 e. The first-order chi connectivity index (χ1) is 14.8. The summed E-state index contributed by atoms with van der Waals surface area (Å²) in [4.78, 5) is 36.3. The number of carbonyl (C=O) groups excluding carboxylic acids is 1. The van der Waals surface area contributed by atoms with E-state index >= 15 is 0 Å². The summed E-state index contributed by atoms with van der Waals surface area (Å²) in [5, 5.41) is 26.2. The van der Waals surface area contributed by atoms with Gasteiger partial charge in [0.1, 0.15) is 18.0 Å². The van der Waals surface area contributed by atoms with Gasteiger partial charge in [0, 0.05) is 10.6 Å². The minimum Gasteiger partial charge on any atom is -0.505 e. The minimum atomic E-state index is -1.30. The fourth-order valence-electron chi connectivity index (χ4n) is 2.85. The van der Waals surface area contributed by atoms with Crippen LogP contribution in [0.15, 0.2) is 53.3 Å². The molecule has 0 saturated carbocycles. The first kappa shape index (κ1) is 21.8. The Hall–Kier alpha value is -3.85. The fraction of sp³-hybridized carbons (Fsp3) is 0.143. The van der Waals surface area contributed by atoms with Gasteiger partial charge >= 0.3 is 5.97 Å². The summed E-state index contributed by atoms with van der Waals surface area (Å²) in [6, 6.07) is 13.3. The van der Waals surface area contributed by atoms with Crippen molar-refractivity contribution in [2.45, 2.75) is 6.54 Å². The molecule has 1 aromatic heterocycles. The molecule has 3 rings (SSSR count). The molecule has 31 heavy (non-hydrogen) atoms. The predicted molar refractivity (Wildman–Crippen MR) is 113 cm³/mol. The van der Waals surface area contributed by atoms with Gasteiger partial charge in [-0.25, -0.2) is 4.68 Å². The Morgan fingerprint density at radius 2 is 1.84 bits per heavy atom. The molecule has 0 saturated heterocycles. The highest BCUT2D eigenvalue weighted by atomic mass is 35.5. The van der Waals surface area contributed by atoms with Crippen molar-refractivity contribution in [3.63, 3.8) is 0 Å². The molecule has 160 valence electrons. The largest absolute Gasteiger partial charge is 0.505 e. The quantitative estimate of drug-likeness (QED) is 0.509. The van der Waals surface area contributed by atoms with Crippen LogP contribution < -0.4 is 15.6 Å². The third-order valence-electron chi connectivity index (χ3n) is 4.40. The highest BCUT2D eigenvalue weighted by Gasteiger charge is 2.24. The topological polar surface area (TPSA) is 131 Å². The summed E-state index contributed by atoms with van der Waals surface area (Å²) in [5.41, 5.74) is -0.554. The molecule has 2 aromatic carbocycles. The molecular formula is C21H18ClN3O6. The molecule has 0 unspecified atom stereocenters. The fourth-order valence-corrected chi connectivity index (χ4v) is 3.05. The van der Waals surface area contributed by atoms with Crippen molar-refractivity contribution in [2.24, 2.45) is 0 Å². The predicted octanol–water partition coefficient (Wildman–Crippen LogP) is 2.14. The van der Waals surface area contributed by atoms with E-state index in [2.05, 4.69) is 10.4 Å². The maximum absolute atomic E-state index is 12.9. The lowest BCUT2D eigenvalue weighted by molar-refractivity contribution is -0.135. The summed E-state index contributed by atoms with van der Waals surface area (Å²) in [5.74, 6) is -2.43. The van der Waals surface area contributed by atoms with Crippen molar-refractivity contribution in [1.82, 2.24) is 15.1 Å². The number of methoxy groups -OCH3 is 1. The van der Waals surface area contributed by atoms with Crippen molar-refractivity contribution in [1.29, 1.82) is 0 Å². The number of hydrogen-bond acceptors (Lipinski definition) is 6. The zero-order chi connectivity index (χ0) is 22.5. The number of aromatic nitrogens is 2. The number of carbonyl (C=O) groups is 2. The van der Waals surface area contributed by atoms with Crippen LogP contribution in [0.4, 0.5) is 0 Å². The van der Waals surface area contributed by atoms with Crippen LogP contribution in [0.2, 0.25) is 5.02 Å². The van der Waals surface area contributed by atoms with E-state index < -0.39 is 35.3 Å². The molecule has 1 heterocycles. The number of amides is 1. The Labute approximate surface area is 181 Å². The van der Waals surface area contributed by atoms with Crippen molar-refractivity contribution in [3.8, 4) is 22.8 Å². The molecule has 0 spiro atoms. The Kier molecular flexibility index (Phi) is 6.56. The van der Waals surface area contributed by atoms with E-state index in [0.717, 1.165) is 4.68 Å². The van der Waals surface area contributed by atoms with Crippen LogP contribution in [0.3, 0.4) is 0 Å². The zero-order valence-electron chi connectivity index (χ0n) is 16.3. The van der Waals surface area contributed by atoms with E-state index in [0.29, 0.717) is 21.9 Å². The van der Waals surface area contributed by atoms with Crippen molar-refractivity contribution < 1.29 is 24.5 Å². The molecule has 0 aliphatic carbocycles. The molecule has 0 aliphatic heterocycles. The second-order valence-corrected chi connectivity index (χ2v) is 6.84. The van der Waals surface area contributed by atoms with Crippen LogP contribution in [-0.4, -0.2) is 45.5 Å². The second kappa shape index (κ2) is 9.31. The number of aliphatic carboxylic acids is 1. The van der Waals surface area contributed by atoms with Crippen molar-refractivity contribution >= 4 is 23.5 Å². The van der Waals surface area contributed by atoms with Crippen molar-refractivity contribution in [2.75, 3.05) is 13.7 Å². The van der Waals surface area contributed by atoms with Gasteiger partial charge in [0.05, 0.1) is 13.7 Å². The average molecular weight is 444 g/mol. The number of halogens is 1. The van der Waals surface area contributed by atoms with Gasteiger partial charge in [-0.05, 0) is 35.9 Å². The van der Waals surface area contributed by atoms with Gasteiger partial charge in [-0.3, -0.25) is 14.4 Å². The average Bonchev–Trinajstić information content (AvgIpc) is 2.76. The van der Waals surface area contributed by atoms with Gasteiger partial charge in [-0.2, -0.15) is 5.10 Å². The van der Waals surface area contributed by atoms with E-state index in [-0.39, 0.29) is 12.2 Å². The first-order valence-corrected chi connectivity index (χ1v) is 9.41. The number of carboxylic acid groups (broad SMARTS) is 1. The zero-order valence-corrected chi connectivity index (χ0v) is 17.1. The number of nitrogens with zero attached hydrogens (tertiary/aromatic N) is 2. The smallest absolute Gasteiger partial charge is 0.322 e. The summed E-state index contributed by atoms with van der Waals surface area (Å²) in [6.07, 6.45) is 0. The molecule has 3 aromatic rings. The van der Waals surface area contributed by atoms with Gasteiger partial charge < -0.3 is 20.3 Å². The van der Waals surface area contributed by atoms with Gasteiger partial charge in [-0.15, -0.1) is 0 Å². The van der Waals surface area contributed by atoms with Gasteiger partial charge in [0.25, 0.3) is 11.5 Å². The molecule has 10 heteroatoms. The lowest BCUT2D eigenvalue weighted by atomic mass is 10.1. The van der Waals surface area contributed by atoms with Crippen LogP contribution >= 0.6 is 11.6 Å². The summed E-state index contributed by atoms with van der Waals surface area (Å²) in [6.45, 7) is -0.788. The Balaban J connectivity index is 2.16. The highest BCUT2D eigenvalue weighted by molar-refractivity contribution is 6.31. The molecule has 0 radical (unpaired) electrons. The van der Waals surface area contributed by atoms with E-state index in [9.17, 15) is 19.5 Å². The Bertz CT molecular complexity index is 1190. The van der Waals surface area contributed by atoms with Crippen LogP contribution in [0.1, 0.15) is 15.9 Å². The molecule has 0 aliphatic rings. The van der Waals surface area contributed by atoms with Gasteiger partial charge in [0.15, 0.2) is 11.3 Å². The highest BCUT2D eigenvalue weighted by Crippen LogP contribution is 2.30. The molecule has 0 fully saturated rings. The van der Waals surface area contributed by atoms with Gasteiger partial charge in [0.2, 0.25) is 0 Å². The number of nitrogens with one attached hydrogen (secondary N) is 1. The first-order valence-electron chi connectivity index (χ1n) is 9.03. The minimum absolute atomic E-state index is 0.0326. The molecule has 0 bridgehead atoms. The normalized spacial score (nSPS) is 10.5. The van der Waals surface area contributed by atoms with E-state index in [1.54, 1.807) is 48.5 Å². The number of benzene rings is 2. The number of aromatic hydroxyl groups is 1. The van der Waals surface area contributed by atoms with E-state index in [1.807, 2.05) is 0 Å². The molecular weight excluding hydrogens is 426 g/mol. The third kappa shape index (κ3) is 4.84. The standard InChI is InChI=1S/C21H18ClN3O6/c1-31-14-8-6-12(7-9-14)18-19(28)17(20(29)23-10-16(26)27)21(30)25(24-18)11-13-4-2-3-5-15(13)22/h2-9,28H,10-11H2,1H3,(H,23,29)(H,26,27). The number of ether oxygens (including phenoxy) is 1.